The molecule has 2 amide bonds. The molecule has 0 radical (unpaired) electrons. The first-order valence-electron chi connectivity index (χ1n) is 5.05. The number of nitrogens with zero attached hydrogens (tertiary/aromatic N) is 1. The van der Waals surface area contributed by atoms with Crippen molar-refractivity contribution in [3.8, 4) is 0 Å². The monoisotopic (exact) mass is 225 g/mol. The summed E-state index contributed by atoms with van der Waals surface area (Å²) in [6.07, 6.45) is 2.41. The van der Waals surface area contributed by atoms with Crippen molar-refractivity contribution in [3.05, 3.63) is 12.2 Å². The zero-order valence-electron chi connectivity index (χ0n) is 9.65. The summed E-state index contributed by atoms with van der Waals surface area (Å²) >= 11 is 0. The molecular formula is C11H15NO4. The number of carbonyl (C=O) groups excluding carboxylic acids is 3. The van der Waals surface area contributed by atoms with Crippen LogP contribution >= 0.6 is 0 Å². The second-order valence-electron chi connectivity index (χ2n) is 4.50. The summed E-state index contributed by atoms with van der Waals surface area (Å²) in [7, 11) is 0. The highest BCUT2D eigenvalue weighted by atomic mass is 16.6. The predicted octanol–water partition coefficient (Wildman–Crippen LogP) is 0.643. The third kappa shape index (κ3) is 3.49. The number of amides is 2. The second-order valence-corrected chi connectivity index (χ2v) is 4.50. The Balaban J connectivity index is 2.38. The number of hydrogen-bond acceptors (Lipinski definition) is 4. The molecule has 0 bridgehead atoms. The molecule has 1 rings (SSSR count). The van der Waals surface area contributed by atoms with Crippen LogP contribution in [-0.4, -0.2) is 34.8 Å². The fraction of sp³-hybridized carbons (Fsp3) is 0.545. The zero-order chi connectivity index (χ0) is 12.3. The molecule has 0 aliphatic carbocycles. The van der Waals surface area contributed by atoms with Crippen LogP contribution in [0.4, 0.5) is 0 Å². The van der Waals surface area contributed by atoms with E-state index in [1.165, 1.54) is 12.2 Å². The van der Waals surface area contributed by atoms with Crippen LogP contribution in [0, 0.1) is 0 Å². The average Bonchev–Trinajstić information content (AvgIpc) is 2.41. The molecule has 0 aromatic rings. The number of rotatable bonds is 3. The van der Waals surface area contributed by atoms with Gasteiger partial charge in [-0.25, -0.2) is 0 Å². The topological polar surface area (TPSA) is 63.7 Å². The molecule has 0 saturated heterocycles. The molecule has 0 atom stereocenters. The van der Waals surface area contributed by atoms with E-state index in [4.69, 9.17) is 4.74 Å². The maximum Gasteiger partial charge on any atom is 0.308 e. The standard InChI is InChI=1S/C11H15NO4/c1-11(2,3)16-10(15)6-7-12-8(13)4-5-9(12)14/h4-5H,6-7H2,1-3H3. The minimum atomic E-state index is -0.547. The second kappa shape index (κ2) is 4.47. The third-order valence-electron chi connectivity index (χ3n) is 1.86. The molecule has 0 N–H and O–H groups in total. The Morgan fingerprint density at radius 2 is 1.75 bits per heavy atom. The van der Waals surface area contributed by atoms with Crippen molar-refractivity contribution in [2.75, 3.05) is 6.54 Å². The van der Waals surface area contributed by atoms with Crippen molar-refractivity contribution < 1.29 is 19.1 Å². The zero-order valence-corrected chi connectivity index (χ0v) is 9.65. The van der Waals surface area contributed by atoms with Gasteiger partial charge in [0, 0.05) is 18.7 Å². The molecule has 0 saturated carbocycles. The summed E-state index contributed by atoms with van der Waals surface area (Å²) in [5.74, 6) is -1.18. The first kappa shape index (κ1) is 12.4. The summed E-state index contributed by atoms with van der Waals surface area (Å²) in [4.78, 5) is 34.7. The first-order chi connectivity index (χ1) is 7.29. The van der Waals surface area contributed by atoms with Crippen LogP contribution in [0.1, 0.15) is 27.2 Å². The quantitative estimate of drug-likeness (QED) is 0.522. The Bertz CT molecular complexity index is 333. The van der Waals surface area contributed by atoms with Gasteiger partial charge in [-0.3, -0.25) is 19.3 Å². The van der Waals surface area contributed by atoms with Crippen LogP contribution in [0.2, 0.25) is 0 Å². The SMILES string of the molecule is CC(C)(C)OC(=O)CCN1C(=O)C=CC1=O. The lowest BCUT2D eigenvalue weighted by Gasteiger charge is -2.20. The van der Waals surface area contributed by atoms with E-state index in [0.717, 1.165) is 4.90 Å². The lowest BCUT2D eigenvalue weighted by molar-refractivity contribution is -0.155. The van der Waals surface area contributed by atoms with E-state index in [1.807, 2.05) is 0 Å². The van der Waals surface area contributed by atoms with E-state index in [0.29, 0.717) is 0 Å². The van der Waals surface area contributed by atoms with Gasteiger partial charge in [-0.2, -0.15) is 0 Å². The van der Waals surface area contributed by atoms with Gasteiger partial charge in [0.05, 0.1) is 6.42 Å². The van der Waals surface area contributed by atoms with Crippen LogP contribution in [0.15, 0.2) is 12.2 Å². The Morgan fingerprint density at radius 1 is 1.25 bits per heavy atom. The largest absolute Gasteiger partial charge is 0.460 e. The maximum absolute atomic E-state index is 11.3. The molecule has 16 heavy (non-hydrogen) atoms. The van der Waals surface area contributed by atoms with Gasteiger partial charge in [0.15, 0.2) is 0 Å². The fourth-order valence-corrected chi connectivity index (χ4v) is 1.25. The van der Waals surface area contributed by atoms with Gasteiger partial charge < -0.3 is 4.74 Å². The number of imide groups is 1. The van der Waals surface area contributed by atoms with Gasteiger partial charge in [0.1, 0.15) is 5.60 Å². The number of carbonyl (C=O) groups is 3. The van der Waals surface area contributed by atoms with Crippen molar-refractivity contribution >= 4 is 17.8 Å². The van der Waals surface area contributed by atoms with Gasteiger partial charge in [0.2, 0.25) is 0 Å². The molecule has 0 unspecified atom stereocenters. The summed E-state index contributed by atoms with van der Waals surface area (Å²) in [5.41, 5.74) is -0.547. The van der Waals surface area contributed by atoms with Crippen LogP contribution < -0.4 is 0 Å². The molecule has 1 heterocycles. The molecule has 0 aromatic carbocycles. The van der Waals surface area contributed by atoms with Crippen molar-refractivity contribution in [3.63, 3.8) is 0 Å². The molecule has 0 spiro atoms. The molecule has 0 aromatic heterocycles. The summed E-state index contributed by atoms with van der Waals surface area (Å²) in [6.45, 7) is 5.36. The third-order valence-corrected chi connectivity index (χ3v) is 1.86. The van der Waals surface area contributed by atoms with E-state index < -0.39 is 11.6 Å². The van der Waals surface area contributed by atoms with Gasteiger partial charge in [-0.1, -0.05) is 0 Å². The van der Waals surface area contributed by atoms with Gasteiger partial charge in [-0.05, 0) is 20.8 Å². The van der Waals surface area contributed by atoms with Gasteiger partial charge in [0.25, 0.3) is 11.8 Å². The molecule has 5 nitrogen and oxygen atoms in total. The Hall–Kier alpha value is -1.65. The summed E-state index contributed by atoms with van der Waals surface area (Å²) in [5, 5.41) is 0. The van der Waals surface area contributed by atoms with Gasteiger partial charge in [-0.15, -0.1) is 0 Å². The molecular weight excluding hydrogens is 210 g/mol. The van der Waals surface area contributed by atoms with Crippen molar-refractivity contribution in [1.82, 2.24) is 4.90 Å². The van der Waals surface area contributed by atoms with E-state index >= 15 is 0 Å². The lowest BCUT2D eigenvalue weighted by atomic mass is 10.2. The fourth-order valence-electron chi connectivity index (χ4n) is 1.25. The molecule has 5 heteroatoms. The van der Waals surface area contributed by atoms with E-state index in [-0.39, 0.29) is 24.8 Å². The minimum Gasteiger partial charge on any atom is -0.460 e. The predicted molar refractivity (Wildman–Crippen MR) is 56.3 cm³/mol. The highest BCUT2D eigenvalue weighted by Gasteiger charge is 2.24. The smallest absolute Gasteiger partial charge is 0.308 e. The van der Waals surface area contributed by atoms with E-state index in [2.05, 4.69) is 0 Å². The van der Waals surface area contributed by atoms with Crippen LogP contribution in [0.3, 0.4) is 0 Å². The Labute approximate surface area is 94.1 Å². The lowest BCUT2D eigenvalue weighted by Crippen LogP contribution is -2.33. The number of esters is 1. The number of ether oxygens (including phenoxy) is 1. The van der Waals surface area contributed by atoms with E-state index in [9.17, 15) is 14.4 Å². The molecule has 88 valence electrons. The van der Waals surface area contributed by atoms with Gasteiger partial charge >= 0.3 is 5.97 Å². The molecule has 1 aliphatic heterocycles. The molecule has 0 fully saturated rings. The summed E-state index contributed by atoms with van der Waals surface area (Å²) < 4.78 is 5.06. The average molecular weight is 225 g/mol. The molecule has 1 aliphatic rings. The summed E-state index contributed by atoms with van der Waals surface area (Å²) in [6, 6.07) is 0. The highest BCUT2D eigenvalue weighted by molar-refractivity contribution is 6.12. The highest BCUT2D eigenvalue weighted by Crippen LogP contribution is 2.10. The van der Waals surface area contributed by atoms with Crippen LogP contribution in [-0.2, 0) is 19.1 Å². The normalized spacial score (nSPS) is 15.8. The van der Waals surface area contributed by atoms with Crippen molar-refractivity contribution in [2.45, 2.75) is 32.8 Å². The Morgan fingerprint density at radius 3 is 2.19 bits per heavy atom. The van der Waals surface area contributed by atoms with Crippen molar-refractivity contribution in [1.29, 1.82) is 0 Å². The van der Waals surface area contributed by atoms with Crippen LogP contribution in [0.25, 0.3) is 0 Å². The van der Waals surface area contributed by atoms with Crippen LogP contribution in [0.5, 0.6) is 0 Å². The first-order valence-corrected chi connectivity index (χ1v) is 5.05. The van der Waals surface area contributed by atoms with E-state index in [1.54, 1.807) is 20.8 Å². The van der Waals surface area contributed by atoms with Crippen molar-refractivity contribution in [2.24, 2.45) is 0 Å². The number of hydrogen-bond donors (Lipinski definition) is 0. The maximum atomic E-state index is 11.3. The minimum absolute atomic E-state index is 0.0242. The Kier molecular flexibility index (Phi) is 3.47.